The van der Waals surface area contributed by atoms with Gasteiger partial charge >= 0.3 is 5.97 Å². The van der Waals surface area contributed by atoms with Crippen molar-refractivity contribution < 1.29 is 14.7 Å². The van der Waals surface area contributed by atoms with Gasteiger partial charge in [0.2, 0.25) is 0 Å². The molecule has 0 unspecified atom stereocenters. The maximum Gasteiger partial charge on any atom is 0.307 e. The number of aliphatic carboxylic acids is 1. The first kappa shape index (κ1) is 13.3. The highest BCUT2D eigenvalue weighted by Crippen LogP contribution is 2.59. The van der Waals surface area contributed by atoms with Gasteiger partial charge in [-0.25, -0.2) is 0 Å². The maximum absolute atomic E-state index is 11.0. The molecule has 0 saturated heterocycles. The highest BCUT2D eigenvalue weighted by atomic mass is 16.6. The third-order valence-electron chi connectivity index (χ3n) is 3.10. The Morgan fingerprint density at radius 2 is 2.29 bits per heavy atom. The summed E-state index contributed by atoms with van der Waals surface area (Å²) in [5, 5.41) is 12.7. The minimum Gasteiger partial charge on any atom is -0.481 e. The number of terminal acetylenes is 1. The molecule has 0 aromatic rings. The van der Waals surface area contributed by atoms with E-state index in [4.69, 9.17) is 16.4 Å². The van der Waals surface area contributed by atoms with Crippen molar-refractivity contribution in [1.82, 2.24) is 0 Å². The maximum atomic E-state index is 11.0. The van der Waals surface area contributed by atoms with Gasteiger partial charge in [-0.15, -0.1) is 6.42 Å². The van der Waals surface area contributed by atoms with Crippen molar-refractivity contribution >= 4 is 12.2 Å². The summed E-state index contributed by atoms with van der Waals surface area (Å²) < 4.78 is 0. The van der Waals surface area contributed by atoms with E-state index in [1.54, 1.807) is 6.21 Å². The average Bonchev–Trinajstić information content (AvgIpc) is 2.75. The van der Waals surface area contributed by atoms with Gasteiger partial charge in [0, 0.05) is 0 Å². The summed E-state index contributed by atoms with van der Waals surface area (Å²) in [6.45, 7) is 5.89. The molecule has 1 fully saturated rings. The number of oxime groups is 1. The Morgan fingerprint density at radius 3 is 2.76 bits per heavy atom. The van der Waals surface area contributed by atoms with Gasteiger partial charge in [-0.3, -0.25) is 4.79 Å². The van der Waals surface area contributed by atoms with E-state index in [0.29, 0.717) is 0 Å². The molecule has 0 radical (unpaired) electrons. The highest BCUT2D eigenvalue weighted by molar-refractivity contribution is 5.80. The molecule has 0 bridgehead atoms. The van der Waals surface area contributed by atoms with E-state index in [0.717, 1.165) is 5.57 Å². The molecule has 4 nitrogen and oxygen atoms in total. The van der Waals surface area contributed by atoms with E-state index in [1.165, 1.54) is 0 Å². The molecule has 2 atom stereocenters. The Hall–Kier alpha value is -1.76. The fourth-order valence-electron chi connectivity index (χ4n) is 1.98. The molecule has 1 N–H and O–H groups in total. The lowest BCUT2D eigenvalue weighted by molar-refractivity contribution is -0.139. The average molecular weight is 235 g/mol. The first-order valence-corrected chi connectivity index (χ1v) is 5.41. The fourth-order valence-corrected chi connectivity index (χ4v) is 1.98. The normalized spacial score (nSPS) is 26.6. The molecular weight excluding hydrogens is 218 g/mol. The van der Waals surface area contributed by atoms with Gasteiger partial charge in [0.15, 0.2) is 6.61 Å². The molecule has 0 aromatic heterocycles. The molecule has 0 aliphatic heterocycles. The summed E-state index contributed by atoms with van der Waals surface area (Å²) in [6.07, 6.45) is 8.46. The van der Waals surface area contributed by atoms with Crippen LogP contribution in [-0.2, 0) is 9.63 Å². The van der Waals surface area contributed by atoms with Crippen LogP contribution >= 0.6 is 0 Å². The zero-order valence-electron chi connectivity index (χ0n) is 10.3. The van der Waals surface area contributed by atoms with Crippen molar-refractivity contribution in [3.63, 3.8) is 0 Å². The third kappa shape index (κ3) is 3.10. The predicted molar refractivity (Wildman–Crippen MR) is 65.4 cm³/mol. The van der Waals surface area contributed by atoms with Gasteiger partial charge in [0.05, 0.1) is 12.1 Å². The Morgan fingerprint density at radius 1 is 1.65 bits per heavy atom. The summed E-state index contributed by atoms with van der Waals surface area (Å²) in [5.41, 5.74) is 0.699. The standard InChI is InChI=1S/C13H17NO3/c1-5-6-17-14-8-9(2)7-10-11(12(15)16)13(10,3)4/h1,7-8,10-11H,6H2,2-4H3,(H,15,16)/b9-7+,14-8?/t10-,11+/m1/s1. The number of carbonyl (C=O) groups is 1. The van der Waals surface area contributed by atoms with Crippen molar-refractivity contribution in [1.29, 1.82) is 0 Å². The summed E-state index contributed by atoms with van der Waals surface area (Å²) in [5.74, 6) is 1.30. The van der Waals surface area contributed by atoms with Crippen LogP contribution in [0.5, 0.6) is 0 Å². The minimum atomic E-state index is -0.746. The van der Waals surface area contributed by atoms with Gasteiger partial charge in [0.25, 0.3) is 0 Å². The Labute approximate surface area is 101 Å². The second-order valence-electron chi connectivity index (χ2n) is 4.79. The molecule has 4 heteroatoms. The van der Waals surface area contributed by atoms with E-state index >= 15 is 0 Å². The second-order valence-corrected chi connectivity index (χ2v) is 4.79. The number of allylic oxidation sites excluding steroid dienone is 2. The molecular formula is C13H17NO3. The molecule has 1 aliphatic rings. The quantitative estimate of drug-likeness (QED) is 0.343. The molecule has 0 aromatic carbocycles. The monoisotopic (exact) mass is 235 g/mol. The number of rotatable bonds is 5. The third-order valence-corrected chi connectivity index (χ3v) is 3.10. The molecule has 92 valence electrons. The van der Waals surface area contributed by atoms with Gasteiger partial charge in [-0.05, 0) is 23.8 Å². The zero-order valence-corrected chi connectivity index (χ0v) is 10.3. The van der Waals surface area contributed by atoms with Crippen LogP contribution in [0.2, 0.25) is 0 Å². The number of nitrogens with zero attached hydrogens (tertiary/aromatic N) is 1. The number of carboxylic acids is 1. The Bertz CT molecular complexity index is 401. The minimum absolute atomic E-state index is 0.0547. The van der Waals surface area contributed by atoms with E-state index < -0.39 is 5.97 Å². The first-order chi connectivity index (χ1) is 7.91. The SMILES string of the molecule is C#CCON=C/C(C)=C/[C@@H]1[C@@H](C(=O)O)C1(C)C. The Balaban J connectivity index is 2.57. The van der Waals surface area contributed by atoms with Crippen LogP contribution in [0, 0.1) is 29.6 Å². The van der Waals surface area contributed by atoms with Crippen molar-refractivity contribution in [2.45, 2.75) is 20.8 Å². The molecule has 0 spiro atoms. The number of hydrogen-bond donors (Lipinski definition) is 1. The van der Waals surface area contributed by atoms with Crippen molar-refractivity contribution in [2.24, 2.45) is 22.4 Å². The summed E-state index contributed by atoms with van der Waals surface area (Å²) in [7, 11) is 0. The van der Waals surface area contributed by atoms with E-state index in [2.05, 4.69) is 11.1 Å². The van der Waals surface area contributed by atoms with E-state index in [-0.39, 0.29) is 23.9 Å². The van der Waals surface area contributed by atoms with Crippen molar-refractivity contribution in [2.75, 3.05) is 6.61 Å². The molecule has 0 amide bonds. The first-order valence-electron chi connectivity index (χ1n) is 5.41. The molecule has 1 rings (SSSR count). The fraction of sp³-hybridized carbons (Fsp3) is 0.538. The highest BCUT2D eigenvalue weighted by Gasteiger charge is 2.60. The topological polar surface area (TPSA) is 58.9 Å². The van der Waals surface area contributed by atoms with Gasteiger partial charge in [0.1, 0.15) is 0 Å². The van der Waals surface area contributed by atoms with Crippen LogP contribution in [0.1, 0.15) is 20.8 Å². The number of carboxylic acid groups (broad SMARTS) is 1. The van der Waals surface area contributed by atoms with Crippen LogP contribution in [0.25, 0.3) is 0 Å². The smallest absolute Gasteiger partial charge is 0.307 e. The summed E-state index contributed by atoms with van der Waals surface area (Å²) in [6, 6.07) is 0. The second kappa shape index (κ2) is 5.05. The van der Waals surface area contributed by atoms with Crippen LogP contribution < -0.4 is 0 Å². The van der Waals surface area contributed by atoms with Crippen LogP contribution in [0.4, 0.5) is 0 Å². The van der Waals surface area contributed by atoms with Crippen molar-refractivity contribution in [3.8, 4) is 12.3 Å². The lowest BCUT2D eigenvalue weighted by Crippen LogP contribution is -2.03. The Kier molecular flexibility index (Phi) is 3.95. The predicted octanol–water partition coefficient (Wildman–Crippen LogP) is 1.93. The van der Waals surface area contributed by atoms with E-state index in [9.17, 15) is 4.79 Å². The van der Waals surface area contributed by atoms with Crippen LogP contribution in [0.15, 0.2) is 16.8 Å². The lowest BCUT2D eigenvalue weighted by atomic mass is 10.1. The van der Waals surface area contributed by atoms with Crippen LogP contribution in [-0.4, -0.2) is 23.9 Å². The zero-order chi connectivity index (χ0) is 13.1. The van der Waals surface area contributed by atoms with Gasteiger partial charge < -0.3 is 9.94 Å². The van der Waals surface area contributed by atoms with Crippen LogP contribution in [0.3, 0.4) is 0 Å². The van der Waals surface area contributed by atoms with Gasteiger partial charge in [-0.2, -0.15) is 0 Å². The molecule has 1 aliphatic carbocycles. The summed E-state index contributed by atoms with van der Waals surface area (Å²) in [4.78, 5) is 15.7. The van der Waals surface area contributed by atoms with E-state index in [1.807, 2.05) is 26.8 Å². The lowest BCUT2D eigenvalue weighted by Gasteiger charge is -1.97. The largest absolute Gasteiger partial charge is 0.481 e. The summed E-state index contributed by atoms with van der Waals surface area (Å²) >= 11 is 0. The van der Waals surface area contributed by atoms with Crippen molar-refractivity contribution in [3.05, 3.63) is 11.6 Å². The van der Waals surface area contributed by atoms with Gasteiger partial charge in [-0.1, -0.05) is 31.0 Å². The number of hydrogen-bond acceptors (Lipinski definition) is 3. The molecule has 17 heavy (non-hydrogen) atoms. The molecule has 0 heterocycles. The molecule has 1 saturated carbocycles.